The summed E-state index contributed by atoms with van der Waals surface area (Å²) < 4.78 is 1.39. The normalized spacial score (nSPS) is 10.7. The summed E-state index contributed by atoms with van der Waals surface area (Å²) >= 11 is 0. The second-order valence-electron chi connectivity index (χ2n) is 6.53. The van der Waals surface area contributed by atoms with E-state index in [2.05, 4.69) is 10.4 Å². The van der Waals surface area contributed by atoms with Gasteiger partial charge in [-0.15, -0.1) is 0 Å². The van der Waals surface area contributed by atoms with Crippen molar-refractivity contribution in [3.63, 3.8) is 0 Å². The number of hydrogen-bond donors (Lipinski definition) is 1. The van der Waals surface area contributed by atoms with Crippen LogP contribution in [-0.2, 0) is 6.54 Å². The fourth-order valence-electron chi connectivity index (χ4n) is 3.18. The van der Waals surface area contributed by atoms with Gasteiger partial charge in [0.1, 0.15) is 11.4 Å². The number of carbonyl (C=O) groups is 1. The first-order valence-electron chi connectivity index (χ1n) is 8.98. The summed E-state index contributed by atoms with van der Waals surface area (Å²) in [5, 5.41) is 7.72. The van der Waals surface area contributed by atoms with Gasteiger partial charge in [-0.2, -0.15) is 5.10 Å². The number of aryl methyl sites for hydroxylation is 3. The quantitative estimate of drug-likeness (QED) is 0.680. The highest BCUT2D eigenvalue weighted by atomic mass is 16.1. The Morgan fingerprint density at radius 2 is 1.63 bits per heavy atom. The minimum absolute atomic E-state index is 0.199. The Hall–Kier alpha value is -3.21. The molecule has 0 saturated carbocycles. The van der Waals surface area contributed by atoms with Crippen molar-refractivity contribution in [2.45, 2.75) is 34.2 Å². The summed E-state index contributed by atoms with van der Waals surface area (Å²) in [6.07, 6.45) is 0. The monoisotopic (exact) mass is 361 g/mol. The number of ketones is 1. The molecule has 1 heterocycles. The fraction of sp³-hybridized carbons (Fsp3) is 0.227. The highest BCUT2D eigenvalue weighted by molar-refractivity contribution is 6.05. The first kappa shape index (κ1) is 18.6. The molecule has 27 heavy (non-hydrogen) atoms. The van der Waals surface area contributed by atoms with Crippen molar-refractivity contribution in [1.82, 2.24) is 9.78 Å². The van der Waals surface area contributed by atoms with Crippen LogP contribution >= 0.6 is 0 Å². The standard InChI is InChI=1S/C22H23N3O2/c1-5-25-22(27)21(23-19-14(2)10-9-11-15(19)3)18(16(4)26)20(24-25)17-12-7-6-8-13-17/h6-13,23H,5H2,1-4H3. The molecule has 0 atom stereocenters. The Morgan fingerprint density at radius 1 is 1.00 bits per heavy atom. The van der Waals surface area contributed by atoms with Crippen LogP contribution in [0.5, 0.6) is 0 Å². The Labute approximate surface area is 158 Å². The average molecular weight is 361 g/mol. The van der Waals surface area contributed by atoms with Crippen molar-refractivity contribution in [2.75, 3.05) is 5.32 Å². The average Bonchev–Trinajstić information content (AvgIpc) is 2.66. The molecule has 3 rings (SSSR count). The zero-order valence-corrected chi connectivity index (χ0v) is 16.0. The number of carbonyl (C=O) groups excluding carboxylic acids is 1. The molecular formula is C22H23N3O2. The third-order valence-corrected chi connectivity index (χ3v) is 4.59. The van der Waals surface area contributed by atoms with Gasteiger partial charge in [0.2, 0.25) is 0 Å². The number of anilines is 2. The van der Waals surface area contributed by atoms with Gasteiger partial charge in [-0.1, -0.05) is 48.5 Å². The molecule has 2 aromatic carbocycles. The lowest BCUT2D eigenvalue weighted by Crippen LogP contribution is -2.28. The van der Waals surface area contributed by atoms with Crippen LogP contribution < -0.4 is 10.9 Å². The van der Waals surface area contributed by atoms with Gasteiger partial charge in [-0.05, 0) is 38.8 Å². The summed E-state index contributed by atoms with van der Waals surface area (Å²) in [6.45, 7) is 7.69. The van der Waals surface area contributed by atoms with Crippen LogP contribution in [0.25, 0.3) is 11.3 Å². The van der Waals surface area contributed by atoms with Crippen molar-refractivity contribution in [1.29, 1.82) is 0 Å². The van der Waals surface area contributed by atoms with Gasteiger partial charge in [0.15, 0.2) is 5.78 Å². The number of aromatic nitrogens is 2. The van der Waals surface area contributed by atoms with E-state index in [-0.39, 0.29) is 17.0 Å². The van der Waals surface area contributed by atoms with E-state index in [1.165, 1.54) is 11.6 Å². The molecule has 0 spiro atoms. The SMILES string of the molecule is CCn1nc(-c2ccccc2)c(C(C)=O)c(Nc2c(C)cccc2C)c1=O. The van der Waals surface area contributed by atoms with Crippen LogP contribution in [0, 0.1) is 13.8 Å². The van der Waals surface area contributed by atoms with Crippen LogP contribution in [0.2, 0.25) is 0 Å². The molecule has 1 aromatic heterocycles. The molecular weight excluding hydrogens is 338 g/mol. The topological polar surface area (TPSA) is 64.0 Å². The molecule has 0 aliphatic carbocycles. The molecule has 0 amide bonds. The van der Waals surface area contributed by atoms with Crippen molar-refractivity contribution in [3.8, 4) is 11.3 Å². The molecule has 138 valence electrons. The maximum absolute atomic E-state index is 13.0. The first-order valence-corrected chi connectivity index (χ1v) is 8.98. The van der Waals surface area contributed by atoms with Gasteiger partial charge >= 0.3 is 0 Å². The predicted molar refractivity (Wildman–Crippen MR) is 109 cm³/mol. The molecule has 3 aromatic rings. The van der Waals surface area contributed by atoms with Crippen LogP contribution in [0.3, 0.4) is 0 Å². The Morgan fingerprint density at radius 3 is 2.19 bits per heavy atom. The van der Waals surface area contributed by atoms with Crippen molar-refractivity contribution in [3.05, 3.63) is 75.6 Å². The predicted octanol–water partition coefficient (Wildman–Crippen LogP) is 4.49. The molecule has 0 aliphatic heterocycles. The second kappa shape index (κ2) is 7.58. The lowest BCUT2D eigenvalue weighted by atomic mass is 10.0. The maximum Gasteiger partial charge on any atom is 0.291 e. The molecule has 0 bridgehead atoms. The lowest BCUT2D eigenvalue weighted by Gasteiger charge is -2.18. The van der Waals surface area contributed by atoms with Gasteiger partial charge in [-0.3, -0.25) is 9.59 Å². The summed E-state index contributed by atoms with van der Waals surface area (Å²) in [6, 6.07) is 15.4. The minimum Gasteiger partial charge on any atom is -0.350 e. The van der Waals surface area contributed by atoms with Crippen LogP contribution in [0.1, 0.15) is 35.3 Å². The molecule has 0 radical (unpaired) electrons. The summed E-state index contributed by atoms with van der Waals surface area (Å²) in [7, 11) is 0. The van der Waals surface area contributed by atoms with Gasteiger partial charge < -0.3 is 5.32 Å². The zero-order chi connectivity index (χ0) is 19.6. The van der Waals surface area contributed by atoms with Gasteiger partial charge in [0, 0.05) is 17.8 Å². The second-order valence-corrected chi connectivity index (χ2v) is 6.53. The molecule has 5 nitrogen and oxygen atoms in total. The number of Topliss-reactive ketones (excluding diaryl/α,β-unsaturated/α-hetero) is 1. The highest BCUT2D eigenvalue weighted by Gasteiger charge is 2.22. The van der Waals surface area contributed by atoms with Crippen LogP contribution in [0.15, 0.2) is 53.3 Å². The first-order chi connectivity index (χ1) is 12.9. The zero-order valence-electron chi connectivity index (χ0n) is 16.0. The fourth-order valence-corrected chi connectivity index (χ4v) is 3.18. The molecule has 0 unspecified atom stereocenters. The molecule has 5 heteroatoms. The number of rotatable bonds is 5. The number of benzene rings is 2. The van der Waals surface area contributed by atoms with Gasteiger partial charge in [0.25, 0.3) is 5.56 Å². The Bertz CT molecular complexity index is 1030. The molecule has 0 aliphatic rings. The van der Waals surface area contributed by atoms with E-state index in [0.29, 0.717) is 17.8 Å². The van der Waals surface area contributed by atoms with E-state index in [0.717, 1.165) is 22.4 Å². The Balaban J connectivity index is 2.32. The van der Waals surface area contributed by atoms with E-state index >= 15 is 0 Å². The maximum atomic E-state index is 13.0. The minimum atomic E-state index is -0.301. The molecule has 0 saturated heterocycles. The molecule has 1 N–H and O–H groups in total. The summed E-state index contributed by atoms with van der Waals surface area (Å²) in [4.78, 5) is 25.6. The van der Waals surface area contributed by atoms with E-state index in [9.17, 15) is 9.59 Å². The van der Waals surface area contributed by atoms with Gasteiger partial charge in [-0.25, -0.2) is 4.68 Å². The van der Waals surface area contributed by atoms with E-state index in [4.69, 9.17) is 0 Å². The highest BCUT2D eigenvalue weighted by Crippen LogP contribution is 2.29. The third kappa shape index (κ3) is 3.53. The van der Waals surface area contributed by atoms with Crippen molar-refractivity contribution >= 4 is 17.2 Å². The van der Waals surface area contributed by atoms with Crippen molar-refractivity contribution < 1.29 is 4.79 Å². The van der Waals surface area contributed by atoms with Crippen LogP contribution in [0.4, 0.5) is 11.4 Å². The van der Waals surface area contributed by atoms with E-state index < -0.39 is 0 Å². The largest absolute Gasteiger partial charge is 0.350 e. The smallest absolute Gasteiger partial charge is 0.291 e. The molecule has 0 fully saturated rings. The number of nitrogens with one attached hydrogen (secondary N) is 1. The van der Waals surface area contributed by atoms with E-state index in [1.54, 1.807) is 0 Å². The van der Waals surface area contributed by atoms with Gasteiger partial charge in [0.05, 0.1) is 5.56 Å². The summed E-state index contributed by atoms with van der Waals surface area (Å²) in [5.74, 6) is -0.199. The van der Waals surface area contributed by atoms with Crippen LogP contribution in [-0.4, -0.2) is 15.6 Å². The Kier molecular flexibility index (Phi) is 5.21. The van der Waals surface area contributed by atoms with Crippen molar-refractivity contribution in [2.24, 2.45) is 0 Å². The lowest BCUT2D eigenvalue weighted by molar-refractivity contribution is 0.101. The number of para-hydroxylation sites is 1. The number of hydrogen-bond acceptors (Lipinski definition) is 4. The summed E-state index contributed by atoms with van der Waals surface area (Å²) in [5.41, 5.74) is 4.45. The number of nitrogens with zero attached hydrogens (tertiary/aromatic N) is 2. The van der Waals surface area contributed by atoms with E-state index in [1.807, 2.05) is 69.3 Å². The third-order valence-electron chi connectivity index (χ3n) is 4.59.